The summed E-state index contributed by atoms with van der Waals surface area (Å²) in [5.41, 5.74) is 1.46. The predicted octanol–water partition coefficient (Wildman–Crippen LogP) is 2.77. The molecule has 2 rings (SSSR count). The van der Waals surface area contributed by atoms with E-state index in [0.29, 0.717) is 18.5 Å². The third kappa shape index (κ3) is 5.05. The molecule has 0 aliphatic carbocycles. The van der Waals surface area contributed by atoms with E-state index >= 15 is 0 Å². The molecular formula is C20H25N3O3. The molecule has 0 spiro atoms. The van der Waals surface area contributed by atoms with Gasteiger partial charge >= 0.3 is 0 Å². The van der Waals surface area contributed by atoms with Crippen molar-refractivity contribution in [3.8, 4) is 0 Å². The number of carbonyl (C=O) groups is 2. The van der Waals surface area contributed by atoms with Crippen LogP contribution >= 0.6 is 0 Å². The molecule has 0 radical (unpaired) electrons. The Labute approximate surface area is 153 Å². The number of amides is 2. The Bertz CT molecular complexity index is 828. The molecule has 0 bridgehead atoms. The molecular weight excluding hydrogens is 330 g/mol. The van der Waals surface area contributed by atoms with Crippen LogP contribution in [-0.4, -0.2) is 16.4 Å². The summed E-state index contributed by atoms with van der Waals surface area (Å²) in [4.78, 5) is 36.7. The van der Waals surface area contributed by atoms with Gasteiger partial charge in [-0.05, 0) is 38.0 Å². The van der Waals surface area contributed by atoms with Crippen molar-refractivity contribution in [2.45, 2.75) is 46.2 Å². The lowest BCUT2D eigenvalue weighted by Gasteiger charge is -2.16. The standard InChI is InChI=1S/C20H25N3O3/c1-4-8-18(24)22-17-12-11-14(2)23(20(17)26)13-19(25)21-15(3)16-9-6-5-7-10-16/h5-7,9-12,15H,4,8,13H2,1-3H3,(H,21,25)(H,22,24). The molecule has 6 heteroatoms. The van der Waals surface area contributed by atoms with Gasteiger partial charge < -0.3 is 15.2 Å². The van der Waals surface area contributed by atoms with Crippen molar-refractivity contribution >= 4 is 17.5 Å². The molecule has 1 heterocycles. The van der Waals surface area contributed by atoms with Crippen LogP contribution in [0.25, 0.3) is 0 Å². The maximum Gasteiger partial charge on any atom is 0.274 e. The number of anilines is 1. The zero-order valence-corrected chi connectivity index (χ0v) is 15.4. The molecule has 26 heavy (non-hydrogen) atoms. The summed E-state index contributed by atoms with van der Waals surface area (Å²) in [6, 6.07) is 12.7. The van der Waals surface area contributed by atoms with E-state index in [1.807, 2.05) is 44.2 Å². The van der Waals surface area contributed by atoms with E-state index in [-0.39, 0.29) is 35.6 Å². The van der Waals surface area contributed by atoms with E-state index in [1.54, 1.807) is 19.1 Å². The minimum absolute atomic E-state index is 0.0979. The number of carbonyl (C=O) groups excluding carboxylic acids is 2. The molecule has 2 aromatic rings. The molecule has 1 aromatic carbocycles. The van der Waals surface area contributed by atoms with Gasteiger partial charge in [-0.1, -0.05) is 37.3 Å². The number of aryl methyl sites for hydroxylation is 1. The molecule has 1 unspecified atom stereocenters. The lowest BCUT2D eigenvalue weighted by Crippen LogP contribution is -2.35. The summed E-state index contributed by atoms with van der Waals surface area (Å²) in [6.07, 6.45) is 1.05. The Morgan fingerprint density at radius 1 is 1.08 bits per heavy atom. The third-order valence-electron chi connectivity index (χ3n) is 4.12. The van der Waals surface area contributed by atoms with Gasteiger partial charge in [-0.3, -0.25) is 14.4 Å². The largest absolute Gasteiger partial charge is 0.348 e. The number of hydrogen-bond donors (Lipinski definition) is 2. The zero-order chi connectivity index (χ0) is 19.1. The fraction of sp³-hybridized carbons (Fsp3) is 0.350. The molecule has 2 amide bonds. The topological polar surface area (TPSA) is 80.2 Å². The zero-order valence-electron chi connectivity index (χ0n) is 15.4. The number of pyridine rings is 1. The molecule has 0 saturated heterocycles. The highest BCUT2D eigenvalue weighted by molar-refractivity contribution is 5.90. The SMILES string of the molecule is CCCC(=O)Nc1ccc(C)n(CC(=O)NC(C)c2ccccc2)c1=O. The number of aromatic nitrogens is 1. The molecule has 0 saturated carbocycles. The fourth-order valence-corrected chi connectivity index (χ4v) is 2.66. The Kier molecular flexibility index (Phi) is 6.72. The second kappa shape index (κ2) is 8.99. The molecule has 0 aliphatic heterocycles. The van der Waals surface area contributed by atoms with E-state index < -0.39 is 0 Å². The first-order valence-electron chi connectivity index (χ1n) is 8.77. The van der Waals surface area contributed by atoms with Crippen molar-refractivity contribution in [2.75, 3.05) is 5.32 Å². The van der Waals surface area contributed by atoms with Crippen LogP contribution in [0.3, 0.4) is 0 Å². The van der Waals surface area contributed by atoms with Gasteiger partial charge in [0, 0.05) is 12.1 Å². The summed E-state index contributed by atoms with van der Waals surface area (Å²) in [5, 5.41) is 5.51. The van der Waals surface area contributed by atoms with Crippen LogP contribution in [0.5, 0.6) is 0 Å². The maximum absolute atomic E-state index is 12.6. The lowest BCUT2D eigenvalue weighted by molar-refractivity contribution is -0.122. The van der Waals surface area contributed by atoms with Crippen molar-refractivity contribution in [3.05, 3.63) is 64.1 Å². The Morgan fingerprint density at radius 2 is 1.77 bits per heavy atom. The van der Waals surface area contributed by atoms with Crippen LogP contribution in [0, 0.1) is 6.92 Å². The van der Waals surface area contributed by atoms with Gasteiger partial charge in [0.2, 0.25) is 11.8 Å². The van der Waals surface area contributed by atoms with Crippen molar-refractivity contribution < 1.29 is 9.59 Å². The van der Waals surface area contributed by atoms with Crippen LogP contribution < -0.4 is 16.2 Å². The Morgan fingerprint density at radius 3 is 2.42 bits per heavy atom. The van der Waals surface area contributed by atoms with Gasteiger partial charge in [0.15, 0.2) is 0 Å². The van der Waals surface area contributed by atoms with Crippen LogP contribution in [0.2, 0.25) is 0 Å². The number of hydrogen-bond acceptors (Lipinski definition) is 3. The van der Waals surface area contributed by atoms with Gasteiger partial charge in [0.05, 0.1) is 6.04 Å². The summed E-state index contributed by atoms with van der Waals surface area (Å²) >= 11 is 0. The molecule has 6 nitrogen and oxygen atoms in total. The Hall–Kier alpha value is -2.89. The first-order chi connectivity index (χ1) is 12.4. The second-order valence-electron chi connectivity index (χ2n) is 6.28. The average molecular weight is 355 g/mol. The fourth-order valence-electron chi connectivity index (χ4n) is 2.66. The number of nitrogens with one attached hydrogen (secondary N) is 2. The van der Waals surface area contributed by atoms with Crippen molar-refractivity contribution in [1.29, 1.82) is 0 Å². The van der Waals surface area contributed by atoms with Crippen LogP contribution in [0.4, 0.5) is 5.69 Å². The van der Waals surface area contributed by atoms with Crippen LogP contribution in [0.1, 0.15) is 44.0 Å². The van der Waals surface area contributed by atoms with Gasteiger partial charge in [-0.2, -0.15) is 0 Å². The molecule has 0 fully saturated rings. The highest BCUT2D eigenvalue weighted by Crippen LogP contribution is 2.11. The minimum atomic E-state index is -0.378. The predicted molar refractivity (Wildman–Crippen MR) is 102 cm³/mol. The first-order valence-corrected chi connectivity index (χ1v) is 8.77. The lowest BCUT2D eigenvalue weighted by atomic mass is 10.1. The molecule has 0 aliphatic rings. The number of rotatable bonds is 7. The van der Waals surface area contributed by atoms with E-state index in [9.17, 15) is 14.4 Å². The van der Waals surface area contributed by atoms with Gasteiger partial charge in [-0.25, -0.2) is 0 Å². The van der Waals surface area contributed by atoms with Gasteiger partial charge in [0.1, 0.15) is 12.2 Å². The highest BCUT2D eigenvalue weighted by Gasteiger charge is 2.14. The summed E-state index contributed by atoms with van der Waals surface area (Å²) in [6.45, 7) is 5.45. The van der Waals surface area contributed by atoms with Crippen LogP contribution in [0.15, 0.2) is 47.3 Å². The average Bonchev–Trinajstić information content (AvgIpc) is 2.62. The smallest absolute Gasteiger partial charge is 0.274 e. The monoisotopic (exact) mass is 355 g/mol. The molecule has 1 aromatic heterocycles. The van der Waals surface area contributed by atoms with E-state index in [2.05, 4.69) is 10.6 Å². The van der Waals surface area contributed by atoms with Crippen LogP contribution in [-0.2, 0) is 16.1 Å². The van der Waals surface area contributed by atoms with Gasteiger partial charge in [-0.15, -0.1) is 0 Å². The highest BCUT2D eigenvalue weighted by atomic mass is 16.2. The molecule has 138 valence electrons. The number of nitrogens with zero attached hydrogens (tertiary/aromatic N) is 1. The van der Waals surface area contributed by atoms with Crippen molar-refractivity contribution in [1.82, 2.24) is 9.88 Å². The summed E-state index contributed by atoms with van der Waals surface area (Å²) in [7, 11) is 0. The number of benzene rings is 1. The van der Waals surface area contributed by atoms with Gasteiger partial charge in [0.25, 0.3) is 5.56 Å². The third-order valence-corrected chi connectivity index (χ3v) is 4.12. The second-order valence-corrected chi connectivity index (χ2v) is 6.28. The Balaban J connectivity index is 2.11. The van der Waals surface area contributed by atoms with E-state index in [0.717, 1.165) is 5.56 Å². The quantitative estimate of drug-likeness (QED) is 0.801. The first kappa shape index (κ1) is 19.4. The normalized spacial score (nSPS) is 11.7. The summed E-state index contributed by atoms with van der Waals surface area (Å²) in [5.74, 6) is -0.467. The molecule has 1 atom stereocenters. The molecule has 2 N–H and O–H groups in total. The maximum atomic E-state index is 12.6. The van der Waals surface area contributed by atoms with Crippen molar-refractivity contribution in [3.63, 3.8) is 0 Å². The van der Waals surface area contributed by atoms with E-state index in [4.69, 9.17) is 0 Å². The van der Waals surface area contributed by atoms with E-state index in [1.165, 1.54) is 4.57 Å². The van der Waals surface area contributed by atoms with Crippen molar-refractivity contribution in [2.24, 2.45) is 0 Å². The minimum Gasteiger partial charge on any atom is -0.348 e. The summed E-state index contributed by atoms with van der Waals surface area (Å²) < 4.78 is 1.37.